The number of amides is 1. The van der Waals surface area contributed by atoms with Crippen LogP contribution in [0.3, 0.4) is 0 Å². The number of anilines is 1. The molecule has 0 atom stereocenters. The van der Waals surface area contributed by atoms with Crippen molar-refractivity contribution < 1.29 is 9.53 Å². The van der Waals surface area contributed by atoms with Gasteiger partial charge in [-0.25, -0.2) is 0 Å². The van der Waals surface area contributed by atoms with Crippen LogP contribution in [0.1, 0.15) is 19.4 Å². The van der Waals surface area contributed by atoms with Crippen LogP contribution in [0.25, 0.3) is 0 Å². The van der Waals surface area contributed by atoms with Crippen molar-refractivity contribution in [3.63, 3.8) is 0 Å². The van der Waals surface area contributed by atoms with E-state index in [1.54, 1.807) is 0 Å². The predicted octanol–water partition coefficient (Wildman–Crippen LogP) is 3.86. The molecule has 2 aromatic carbocycles. The third-order valence-corrected chi connectivity index (χ3v) is 3.45. The molecule has 0 saturated carbocycles. The molecule has 4 nitrogen and oxygen atoms in total. The van der Waals surface area contributed by atoms with E-state index in [0.29, 0.717) is 23.0 Å². The molecular formula is C18H21ClN2O2. The van der Waals surface area contributed by atoms with Gasteiger partial charge in [0.2, 0.25) is 5.91 Å². The van der Waals surface area contributed by atoms with Gasteiger partial charge in [-0.1, -0.05) is 41.9 Å². The number of carbonyl (C=O) groups excluding carboxylic acids is 1. The quantitative estimate of drug-likeness (QED) is 0.809. The molecule has 0 heterocycles. The average Bonchev–Trinajstić information content (AvgIpc) is 2.51. The van der Waals surface area contributed by atoms with Crippen molar-refractivity contribution >= 4 is 23.2 Å². The highest BCUT2D eigenvalue weighted by atomic mass is 35.5. The van der Waals surface area contributed by atoms with Crippen molar-refractivity contribution in [3.8, 4) is 5.75 Å². The molecular weight excluding hydrogens is 312 g/mol. The first kappa shape index (κ1) is 17.3. The second-order valence-corrected chi connectivity index (χ2v) is 5.81. The Bertz CT molecular complexity index is 659. The standard InChI is InChI=1S/C18H21ClN2O2/c1-13(2)23-17-10-6-5-9-16(17)21-18(22)12-20-11-14-7-3-4-8-15(14)19/h3-10,13,20H,11-12H2,1-2H3,(H,21,22). The Morgan fingerprint density at radius 2 is 1.83 bits per heavy atom. The van der Waals surface area contributed by atoms with Gasteiger partial charge in [0.15, 0.2) is 0 Å². The molecule has 0 aliphatic rings. The Balaban J connectivity index is 1.87. The van der Waals surface area contributed by atoms with Crippen molar-refractivity contribution in [2.45, 2.75) is 26.5 Å². The Kier molecular flexibility index (Phi) is 6.44. The van der Waals surface area contributed by atoms with Gasteiger partial charge < -0.3 is 15.4 Å². The maximum absolute atomic E-state index is 12.1. The summed E-state index contributed by atoms with van der Waals surface area (Å²) in [6.07, 6.45) is 0.0476. The first-order valence-corrected chi connectivity index (χ1v) is 7.93. The van der Waals surface area contributed by atoms with E-state index < -0.39 is 0 Å². The van der Waals surface area contributed by atoms with E-state index in [2.05, 4.69) is 10.6 Å². The number of hydrogen-bond acceptors (Lipinski definition) is 3. The fraction of sp³-hybridized carbons (Fsp3) is 0.278. The van der Waals surface area contributed by atoms with Crippen LogP contribution in [0.15, 0.2) is 48.5 Å². The predicted molar refractivity (Wildman–Crippen MR) is 94.0 cm³/mol. The van der Waals surface area contributed by atoms with Gasteiger partial charge in [-0.15, -0.1) is 0 Å². The minimum absolute atomic E-state index is 0.0476. The van der Waals surface area contributed by atoms with Gasteiger partial charge in [-0.3, -0.25) is 4.79 Å². The van der Waals surface area contributed by atoms with E-state index in [1.165, 1.54) is 0 Å². The number of rotatable bonds is 7. The summed E-state index contributed by atoms with van der Waals surface area (Å²) in [6.45, 7) is 4.63. The van der Waals surface area contributed by atoms with Gasteiger partial charge in [-0.2, -0.15) is 0 Å². The maximum atomic E-state index is 12.1. The van der Waals surface area contributed by atoms with Gasteiger partial charge in [0, 0.05) is 11.6 Å². The van der Waals surface area contributed by atoms with E-state index in [9.17, 15) is 4.79 Å². The van der Waals surface area contributed by atoms with Crippen LogP contribution in [-0.4, -0.2) is 18.6 Å². The molecule has 0 fully saturated rings. The van der Waals surface area contributed by atoms with Crippen LogP contribution < -0.4 is 15.4 Å². The molecule has 1 amide bonds. The van der Waals surface area contributed by atoms with Crippen LogP contribution in [-0.2, 0) is 11.3 Å². The highest BCUT2D eigenvalue weighted by Crippen LogP contribution is 2.24. The van der Waals surface area contributed by atoms with Gasteiger partial charge in [-0.05, 0) is 37.6 Å². The summed E-state index contributed by atoms with van der Waals surface area (Å²) in [6, 6.07) is 15.0. The molecule has 23 heavy (non-hydrogen) atoms. The summed E-state index contributed by atoms with van der Waals surface area (Å²) in [4.78, 5) is 12.1. The van der Waals surface area contributed by atoms with Crippen LogP contribution in [0.4, 0.5) is 5.69 Å². The zero-order chi connectivity index (χ0) is 16.7. The van der Waals surface area contributed by atoms with Crippen molar-refractivity contribution in [2.75, 3.05) is 11.9 Å². The molecule has 0 aliphatic carbocycles. The lowest BCUT2D eigenvalue weighted by molar-refractivity contribution is -0.115. The second kappa shape index (κ2) is 8.56. The van der Waals surface area contributed by atoms with Crippen molar-refractivity contribution in [2.24, 2.45) is 0 Å². The summed E-state index contributed by atoms with van der Waals surface area (Å²) in [7, 11) is 0. The van der Waals surface area contributed by atoms with Crippen LogP contribution in [0.2, 0.25) is 5.02 Å². The molecule has 0 spiro atoms. The van der Waals surface area contributed by atoms with Crippen molar-refractivity contribution in [3.05, 3.63) is 59.1 Å². The lowest BCUT2D eigenvalue weighted by Crippen LogP contribution is -2.28. The lowest BCUT2D eigenvalue weighted by atomic mass is 10.2. The van der Waals surface area contributed by atoms with Crippen LogP contribution in [0.5, 0.6) is 5.75 Å². The molecule has 0 aliphatic heterocycles. The number of para-hydroxylation sites is 2. The molecule has 2 rings (SSSR count). The average molecular weight is 333 g/mol. The fourth-order valence-corrected chi connectivity index (χ4v) is 2.28. The monoisotopic (exact) mass is 332 g/mol. The smallest absolute Gasteiger partial charge is 0.238 e. The number of halogens is 1. The minimum Gasteiger partial charge on any atom is -0.489 e. The number of benzene rings is 2. The van der Waals surface area contributed by atoms with Crippen LogP contribution in [0, 0.1) is 0 Å². The third kappa shape index (κ3) is 5.58. The van der Waals surface area contributed by atoms with Gasteiger partial charge in [0.1, 0.15) is 5.75 Å². The van der Waals surface area contributed by atoms with E-state index >= 15 is 0 Å². The van der Waals surface area contributed by atoms with E-state index in [4.69, 9.17) is 16.3 Å². The normalized spacial score (nSPS) is 10.6. The fourth-order valence-electron chi connectivity index (χ4n) is 2.07. The Labute approximate surface area is 141 Å². The molecule has 0 bridgehead atoms. The lowest BCUT2D eigenvalue weighted by Gasteiger charge is -2.15. The highest BCUT2D eigenvalue weighted by Gasteiger charge is 2.08. The summed E-state index contributed by atoms with van der Waals surface area (Å²) in [5.74, 6) is 0.541. The van der Waals surface area contributed by atoms with Crippen molar-refractivity contribution in [1.82, 2.24) is 5.32 Å². The van der Waals surface area contributed by atoms with Crippen LogP contribution >= 0.6 is 11.6 Å². The summed E-state index contributed by atoms with van der Waals surface area (Å²) < 4.78 is 5.68. The number of ether oxygens (including phenoxy) is 1. The maximum Gasteiger partial charge on any atom is 0.238 e. The molecule has 2 N–H and O–H groups in total. The van der Waals surface area contributed by atoms with Crippen molar-refractivity contribution in [1.29, 1.82) is 0 Å². The molecule has 0 unspecified atom stereocenters. The molecule has 122 valence electrons. The second-order valence-electron chi connectivity index (χ2n) is 5.41. The topological polar surface area (TPSA) is 50.4 Å². The number of nitrogens with one attached hydrogen (secondary N) is 2. The zero-order valence-electron chi connectivity index (χ0n) is 13.3. The summed E-state index contributed by atoms with van der Waals surface area (Å²) in [5, 5.41) is 6.63. The summed E-state index contributed by atoms with van der Waals surface area (Å²) >= 11 is 6.08. The molecule has 0 aromatic heterocycles. The highest BCUT2D eigenvalue weighted by molar-refractivity contribution is 6.31. The van der Waals surface area contributed by atoms with Gasteiger partial charge in [0.05, 0.1) is 18.3 Å². The molecule has 2 aromatic rings. The van der Waals surface area contributed by atoms with E-state index in [0.717, 1.165) is 5.56 Å². The summed E-state index contributed by atoms with van der Waals surface area (Å²) in [5.41, 5.74) is 1.64. The first-order valence-electron chi connectivity index (χ1n) is 7.56. The number of carbonyl (C=O) groups is 1. The molecule has 5 heteroatoms. The van der Waals surface area contributed by atoms with E-state index in [-0.39, 0.29) is 18.6 Å². The van der Waals surface area contributed by atoms with Gasteiger partial charge in [0.25, 0.3) is 0 Å². The zero-order valence-corrected chi connectivity index (χ0v) is 14.1. The minimum atomic E-state index is -0.128. The SMILES string of the molecule is CC(C)Oc1ccccc1NC(=O)CNCc1ccccc1Cl. The Hall–Kier alpha value is -2.04. The molecule has 0 saturated heterocycles. The van der Waals surface area contributed by atoms with Gasteiger partial charge >= 0.3 is 0 Å². The Morgan fingerprint density at radius 3 is 2.57 bits per heavy atom. The Morgan fingerprint density at radius 1 is 1.13 bits per heavy atom. The third-order valence-electron chi connectivity index (χ3n) is 3.08. The number of hydrogen-bond donors (Lipinski definition) is 2. The largest absolute Gasteiger partial charge is 0.489 e. The van der Waals surface area contributed by atoms with E-state index in [1.807, 2.05) is 62.4 Å². The first-order chi connectivity index (χ1) is 11.1. The molecule has 0 radical (unpaired) electrons.